The molecule has 0 bridgehead atoms. The fraction of sp³-hybridized carbons (Fsp3) is 0.667. The summed E-state index contributed by atoms with van der Waals surface area (Å²) in [5.41, 5.74) is -0.178. The van der Waals surface area contributed by atoms with Crippen molar-refractivity contribution in [2.45, 2.75) is 44.2 Å². The Morgan fingerprint density at radius 2 is 2.16 bits per heavy atom. The van der Waals surface area contributed by atoms with Gasteiger partial charge in [0.1, 0.15) is 0 Å². The van der Waals surface area contributed by atoms with Gasteiger partial charge < -0.3 is 4.74 Å². The topological polar surface area (TPSA) is 55.4 Å². The van der Waals surface area contributed by atoms with Crippen LogP contribution in [0.4, 0.5) is 0 Å². The van der Waals surface area contributed by atoms with E-state index in [1.807, 2.05) is 20.8 Å². The average Bonchev–Trinajstić information content (AvgIpc) is 2.64. The highest BCUT2D eigenvalue weighted by Crippen LogP contribution is 2.43. The van der Waals surface area contributed by atoms with Crippen molar-refractivity contribution in [3.63, 3.8) is 0 Å². The predicted octanol–water partition coefficient (Wildman–Crippen LogP) is 2.91. The minimum atomic E-state index is -3.46. The molecule has 0 radical (unpaired) electrons. The number of nitrogens with one attached hydrogen (secondary N) is 1. The summed E-state index contributed by atoms with van der Waals surface area (Å²) in [6.45, 7) is 5.86. The second-order valence-electron chi connectivity index (χ2n) is 5.43. The standard InChI is InChI=1S/C12H18BrNO3S2/c1-7-8(5-11(13)18-7)19(15,16)14-9-6-10(17-4)12(9,2)3/h5,9-10,14H,6H2,1-4H3. The molecule has 1 aromatic rings. The van der Waals surface area contributed by atoms with Gasteiger partial charge in [0.15, 0.2) is 0 Å². The summed E-state index contributed by atoms with van der Waals surface area (Å²) < 4.78 is 33.7. The van der Waals surface area contributed by atoms with Crippen molar-refractivity contribution in [1.82, 2.24) is 4.72 Å². The summed E-state index contributed by atoms with van der Waals surface area (Å²) >= 11 is 4.75. The van der Waals surface area contributed by atoms with Gasteiger partial charge in [-0.05, 0) is 35.3 Å². The largest absolute Gasteiger partial charge is 0.381 e. The second kappa shape index (κ2) is 5.11. The lowest BCUT2D eigenvalue weighted by Crippen LogP contribution is -2.61. The predicted molar refractivity (Wildman–Crippen MR) is 80.1 cm³/mol. The molecule has 1 heterocycles. The first-order valence-electron chi connectivity index (χ1n) is 5.99. The van der Waals surface area contributed by atoms with Gasteiger partial charge in [0.2, 0.25) is 10.0 Å². The number of thiophene rings is 1. The molecule has 1 aromatic heterocycles. The molecule has 0 amide bonds. The van der Waals surface area contributed by atoms with E-state index in [-0.39, 0.29) is 17.6 Å². The molecule has 2 rings (SSSR count). The highest BCUT2D eigenvalue weighted by atomic mass is 79.9. The summed E-state index contributed by atoms with van der Waals surface area (Å²) in [5.74, 6) is 0. The Kier molecular flexibility index (Phi) is 4.15. The molecule has 1 aliphatic carbocycles. The molecule has 1 N–H and O–H groups in total. The van der Waals surface area contributed by atoms with Crippen LogP contribution < -0.4 is 4.72 Å². The Morgan fingerprint density at radius 1 is 1.53 bits per heavy atom. The van der Waals surface area contributed by atoms with Crippen LogP contribution in [0.3, 0.4) is 0 Å². The Morgan fingerprint density at radius 3 is 2.58 bits per heavy atom. The molecule has 2 atom stereocenters. The van der Waals surface area contributed by atoms with Crippen molar-refractivity contribution in [3.05, 3.63) is 14.7 Å². The number of aryl methyl sites for hydroxylation is 1. The van der Waals surface area contributed by atoms with Crippen molar-refractivity contribution in [2.75, 3.05) is 7.11 Å². The van der Waals surface area contributed by atoms with E-state index in [4.69, 9.17) is 4.74 Å². The number of ether oxygens (including phenoxy) is 1. The van der Waals surface area contributed by atoms with Crippen LogP contribution in [0, 0.1) is 12.3 Å². The summed E-state index contributed by atoms with van der Waals surface area (Å²) in [4.78, 5) is 1.15. The van der Waals surface area contributed by atoms with E-state index in [1.54, 1.807) is 13.2 Å². The Balaban J connectivity index is 2.18. The quantitative estimate of drug-likeness (QED) is 0.889. The van der Waals surface area contributed by atoms with E-state index in [0.29, 0.717) is 11.3 Å². The molecule has 2 unspecified atom stereocenters. The number of rotatable bonds is 4. The zero-order valence-corrected chi connectivity index (χ0v) is 14.6. The lowest BCUT2D eigenvalue weighted by Gasteiger charge is -2.50. The Bertz CT molecular complexity index is 580. The minimum Gasteiger partial charge on any atom is -0.381 e. The average molecular weight is 368 g/mol. The molecule has 0 aromatic carbocycles. The first kappa shape index (κ1) is 15.4. The number of hydrogen-bond donors (Lipinski definition) is 1. The van der Waals surface area contributed by atoms with Crippen molar-refractivity contribution >= 4 is 37.3 Å². The monoisotopic (exact) mass is 367 g/mol. The molecule has 4 nitrogen and oxygen atoms in total. The van der Waals surface area contributed by atoms with Crippen LogP contribution in [0.1, 0.15) is 25.1 Å². The van der Waals surface area contributed by atoms with Crippen molar-refractivity contribution in [1.29, 1.82) is 0 Å². The van der Waals surface area contributed by atoms with Gasteiger partial charge in [-0.15, -0.1) is 11.3 Å². The molecule has 7 heteroatoms. The fourth-order valence-corrected chi connectivity index (χ4v) is 6.25. The molecule has 0 spiro atoms. The number of hydrogen-bond acceptors (Lipinski definition) is 4. The van der Waals surface area contributed by atoms with Crippen molar-refractivity contribution in [3.8, 4) is 0 Å². The van der Waals surface area contributed by atoms with Crippen LogP contribution in [-0.4, -0.2) is 27.7 Å². The minimum absolute atomic E-state index is 0.0828. The third-order valence-corrected chi connectivity index (χ3v) is 7.17. The Hall–Kier alpha value is 0.0500. The van der Waals surface area contributed by atoms with E-state index < -0.39 is 10.0 Å². The van der Waals surface area contributed by atoms with Gasteiger partial charge in [0.25, 0.3) is 0 Å². The molecule has 1 saturated carbocycles. The van der Waals surface area contributed by atoms with Crippen LogP contribution in [-0.2, 0) is 14.8 Å². The summed E-state index contributed by atoms with van der Waals surface area (Å²) in [7, 11) is -1.79. The third-order valence-electron chi connectivity index (χ3n) is 3.89. The van der Waals surface area contributed by atoms with Crippen LogP contribution in [0.2, 0.25) is 0 Å². The summed E-state index contributed by atoms with van der Waals surface area (Å²) in [6, 6.07) is 1.57. The van der Waals surface area contributed by atoms with Gasteiger partial charge in [-0.2, -0.15) is 0 Å². The van der Waals surface area contributed by atoms with Crippen LogP contribution in [0.25, 0.3) is 0 Å². The molecular weight excluding hydrogens is 350 g/mol. The zero-order valence-electron chi connectivity index (χ0n) is 11.4. The maximum atomic E-state index is 12.4. The van der Waals surface area contributed by atoms with E-state index >= 15 is 0 Å². The fourth-order valence-electron chi connectivity index (χ4n) is 2.43. The zero-order chi connectivity index (χ0) is 14.4. The van der Waals surface area contributed by atoms with Gasteiger partial charge in [0.05, 0.1) is 14.8 Å². The SMILES string of the molecule is COC1CC(NS(=O)(=O)c2cc(Br)sc2C)C1(C)C. The van der Waals surface area contributed by atoms with Crippen LogP contribution in [0.5, 0.6) is 0 Å². The van der Waals surface area contributed by atoms with E-state index in [1.165, 1.54) is 11.3 Å². The molecule has 0 saturated heterocycles. The number of methoxy groups -OCH3 is 1. The van der Waals surface area contributed by atoms with Crippen LogP contribution >= 0.6 is 27.3 Å². The summed E-state index contributed by atoms with van der Waals surface area (Å²) in [6.07, 6.45) is 0.822. The third kappa shape index (κ3) is 2.76. The highest BCUT2D eigenvalue weighted by Gasteiger charge is 2.50. The Labute approximate surface area is 126 Å². The molecule has 0 aliphatic heterocycles. The van der Waals surface area contributed by atoms with Gasteiger partial charge in [0, 0.05) is 23.4 Å². The van der Waals surface area contributed by atoms with Gasteiger partial charge >= 0.3 is 0 Å². The lowest BCUT2D eigenvalue weighted by molar-refractivity contribution is -0.0908. The van der Waals surface area contributed by atoms with Gasteiger partial charge in [-0.25, -0.2) is 13.1 Å². The maximum absolute atomic E-state index is 12.4. The normalized spacial score (nSPS) is 26.2. The first-order chi connectivity index (χ1) is 8.68. The van der Waals surface area contributed by atoms with Gasteiger partial charge in [-0.3, -0.25) is 0 Å². The second-order valence-corrected chi connectivity index (χ2v) is 9.74. The number of sulfonamides is 1. The van der Waals surface area contributed by atoms with Crippen molar-refractivity contribution in [2.24, 2.45) is 5.41 Å². The first-order valence-corrected chi connectivity index (χ1v) is 9.09. The smallest absolute Gasteiger partial charge is 0.241 e. The van der Waals surface area contributed by atoms with E-state index in [2.05, 4.69) is 20.7 Å². The number of halogens is 1. The van der Waals surface area contributed by atoms with Gasteiger partial charge in [-0.1, -0.05) is 13.8 Å². The molecular formula is C12H18BrNO3S2. The van der Waals surface area contributed by atoms with Crippen molar-refractivity contribution < 1.29 is 13.2 Å². The van der Waals surface area contributed by atoms with Crippen LogP contribution in [0.15, 0.2) is 14.7 Å². The molecule has 108 valence electrons. The van der Waals surface area contributed by atoms with E-state index in [0.717, 1.165) is 8.66 Å². The molecule has 19 heavy (non-hydrogen) atoms. The van der Waals surface area contributed by atoms with E-state index in [9.17, 15) is 8.42 Å². The molecule has 1 aliphatic rings. The summed E-state index contributed by atoms with van der Waals surface area (Å²) in [5, 5.41) is 0. The molecule has 1 fully saturated rings. The highest BCUT2D eigenvalue weighted by molar-refractivity contribution is 9.11. The lowest BCUT2D eigenvalue weighted by atomic mass is 9.65. The maximum Gasteiger partial charge on any atom is 0.241 e.